The van der Waals surface area contributed by atoms with Crippen LogP contribution in [0.3, 0.4) is 0 Å². The van der Waals surface area contributed by atoms with Gasteiger partial charge in [-0.2, -0.15) is 0 Å². The average Bonchev–Trinajstić information content (AvgIpc) is 2.79. The van der Waals surface area contributed by atoms with Crippen LogP contribution in [0.2, 0.25) is 0 Å². The first-order valence-electron chi connectivity index (χ1n) is 9.37. The molecule has 0 radical (unpaired) electrons. The quantitative estimate of drug-likeness (QED) is 0.529. The molecule has 23 heavy (non-hydrogen) atoms. The zero-order valence-corrected chi connectivity index (χ0v) is 14.5. The molecule has 0 unspecified atom stereocenters. The van der Waals surface area contributed by atoms with E-state index in [1.807, 2.05) is 0 Å². The Kier molecular flexibility index (Phi) is 3.33. The molecule has 0 bridgehead atoms. The number of hydrogen-bond donors (Lipinski definition) is 2. The second-order valence-electron chi connectivity index (χ2n) is 9.41. The Morgan fingerprint density at radius 2 is 2.00 bits per heavy atom. The second kappa shape index (κ2) is 4.87. The highest BCUT2D eigenvalue weighted by Crippen LogP contribution is 2.66. The molecule has 3 saturated carbocycles. The minimum Gasteiger partial charge on any atom is -0.393 e. The Morgan fingerprint density at radius 3 is 2.74 bits per heavy atom. The van der Waals surface area contributed by atoms with Crippen molar-refractivity contribution in [3.63, 3.8) is 0 Å². The highest BCUT2D eigenvalue weighted by molar-refractivity contribution is 5.27. The molecule has 3 fully saturated rings. The highest BCUT2D eigenvalue weighted by atomic mass is 16.3. The van der Waals surface area contributed by atoms with Gasteiger partial charge in [-0.05, 0) is 80.0 Å². The summed E-state index contributed by atoms with van der Waals surface area (Å²) in [6.07, 6.45) is 16.0. The molecule has 7 atom stereocenters. The normalized spacial score (nSPS) is 55.2. The molecule has 4 rings (SSSR count). The monoisotopic (exact) mass is 314 g/mol. The number of fused-ring (bicyclic) bond motifs is 5. The summed E-state index contributed by atoms with van der Waals surface area (Å²) < 4.78 is 0. The first-order valence-corrected chi connectivity index (χ1v) is 9.37. The van der Waals surface area contributed by atoms with E-state index in [0.29, 0.717) is 17.8 Å². The summed E-state index contributed by atoms with van der Waals surface area (Å²) in [5.74, 6) is 4.60. The van der Waals surface area contributed by atoms with Crippen molar-refractivity contribution in [1.29, 1.82) is 0 Å². The number of hydrogen-bond acceptors (Lipinski definition) is 2. The van der Waals surface area contributed by atoms with Gasteiger partial charge < -0.3 is 10.2 Å². The van der Waals surface area contributed by atoms with E-state index in [0.717, 1.165) is 38.5 Å². The zero-order valence-electron chi connectivity index (χ0n) is 14.5. The van der Waals surface area contributed by atoms with Crippen LogP contribution in [-0.2, 0) is 0 Å². The van der Waals surface area contributed by atoms with Gasteiger partial charge in [0.15, 0.2) is 0 Å². The molecule has 0 amide bonds. The lowest BCUT2D eigenvalue weighted by atomic mass is 9.48. The minimum absolute atomic E-state index is 0.141. The molecule has 0 aromatic carbocycles. The Hall–Kier alpha value is -0.780. The van der Waals surface area contributed by atoms with Crippen LogP contribution in [0.1, 0.15) is 65.2 Å². The summed E-state index contributed by atoms with van der Waals surface area (Å²) in [6, 6.07) is 0. The van der Waals surface area contributed by atoms with E-state index in [4.69, 9.17) is 6.42 Å². The van der Waals surface area contributed by atoms with Crippen molar-refractivity contribution < 1.29 is 10.2 Å². The van der Waals surface area contributed by atoms with Gasteiger partial charge in [-0.1, -0.05) is 31.4 Å². The number of allylic oxidation sites excluding steroid dienone is 1. The Bertz CT molecular complexity index is 587. The van der Waals surface area contributed by atoms with Gasteiger partial charge >= 0.3 is 0 Å². The van der Waals surface area contributed by atoms with Crippen molar-refractivity contribution >= 4 is 0 Å². The molecule has 4 aliphatic carbocycles. The molecule has 0 aromatic rings. The standard InChI is InChI=1S/C21H30O2/c1-4-21(23)12-18-16-6-5-14-11-15(22)7-10-20(14,3)17(16)8-9-19(18,2)13-21/h1,5,15-18,22-23H,6-13H2,2-3H3/t15-,16-,17+,18+,19-,20-,21+/m0/s1. The molecule has 126 valence electrons. The van der Waals surface area contributed by atoms with Gasteiger partial charge in [-0.15, -0.1) is 6.42 Å². The smallest absolute Gasteiger partial charge is 0.126 e. The van der Waals surface area contributed by atoms with E-state index in [1.165, 1.54) is 18.4 Å². The molecular formula is C21H30O2. The third-order valence-electron chi connectivity index (χ3n) is 8.12. The van der Waals surface area contributed by atoms with E-state index in [1.54, 1.807) is 0 Å². The summed E-state index contributed by atoms with van der Waals surface area (Å²) in [7, 11) is 0. The first-order chi connectivity index (χ1) is 10.8. The molecule has 2 heteroatoms. The maximum atomic E-state index is 10.7. The average molecular weight is 314 g/mol. The number of aliphatic hydroxyl groups excluding tert-OH is 1. The van der Waals surface area contributed by atoms with Gasteiger partial charge in [-0.25, -0.2) is 0 Å². The third-order valence-corrected chi connectivity index (χ3v) is 8.12. The van der Waals surface area contributed by atoms with Crippen molar-refractivity contribution in [2.24, 2.45) is 28.6 Å². The van der Waals surface area contributed by atoms with Crippen LogP contribution in [-0.4, -0.2) is 21.9 Å². The lowest BCUT2D eigenvalue weighted by molar-refractivity contribution is -0.0360. The Balaban J connectivity index is 1.68. The lowest BCUT2D eigenvalue weighted by Gasteiger charge is -2.57. The maximum absolute atomic E-state index is 10.7. The van der Waals surface area contributed by atoms with Gasteiger partial charge in [0.05, 0.1) is 6.10 Å². The van der Waals surface area contributed by atoms with Gasteiger partial charge in [-0.3, -0.25) is 0 Å². The van der Waals surface area contributed by atoms with E-state index < -0.39 is 5.60 Å². The molecule has 4 aliphatic rings. The van der Waals surface area contributed by atoms with E-state index in [9.17, 15) is 10.2 Å². The van der Waals surface area contributed by atoms with Crippen molar-refractivity contribution in [3.05, 3.63) is 11.6 Å². The van der Waals surface area contributed by atoms with Gasteiger partial charge in [0, 0.05) is 0 Å². The number of aliphatic hydroxyl groups is 2. The summed E-state index contributed by atoms with van der Waals surface area (Å²) in [6.45, 7) is 4.79. The molecule has 2 N–H and O–H groups in total. The maximum Gasteiger partial charge on any atom is 0.126 e. The molecule has 2 nitrogen and oxygen atoms in total. The van der Waals surface area contributed by atoms with Gasteiger partial charge in [0.2, 0.25) is 0 Å². The fourth-order valence-electron chi connectivity index (χ4n) is 6.87. The van der Waals surface area contributed by atoms with E-state index in [-0.39, 0.29) is 16.9 Å². The number of rotatable bonds is 0. The van der Waals surface area contributed by atoms with E-state index in [2.05, 4.69) is 25.8 Å². The summed E-state index contributed by atoms with van der Waals surface area (Å²) in [4.78, 5) is 0. The topological polar surface area (TPSA) is 40.5 Å². The predicted octanol–water partition coefficient (Wildman–Crippen LogP) is 3.67. The largest absolute Gasteiger partial charge is 0.393 e. The van der Waals surface area contributed by atoms with Crippen molar-refractivity contribution in [2.45, 2.75) is 76.9 Å². The van der Waals surface area contributed by atoms with Crippen molar-refractivity contribution in [1.82, 2.24) is 0 Å². The summed E-state index contributed by atoms with van der Waals surface area (Å²) in [5, 5.41) is 20.8. The van der Waals surface area contributed by atoms with Crippen molar-refractivity contribution in [2.75, 3.05) is 0 Å². The fraction of sp³-hybridized carbons (Fsp3) is 0.810. The molecular weight excluding hydrogens is 284 g/mol. The number of terminal acetylenes is 1. The summed E-state index contributed by atoms with van der Waals surface area (Å²) in [5.41, 5.74) is 1.09. The Labute approximate surface area is 140 Å². The van der Waals surface area contributed by atoms with Crippen LogP contribution < -0.4 is 0 Å². The van der Waals surface area contributed by atoms with Crippen LogP contribution in [0.5, 0.6) is 0 Å². The van der Waals surface area contributed by atoms with Crippen LogP contribution in [0.25, 0.3) is 0 Å². The van der Waals surface area contributed by atoms with Gasteiger partial charge in [0.1, 0.15) is 5.60 Å². The molecule has 0 spiro atoms. The molecule has 0 heterocycles. The Morgan fingerprint density at radius 1 is 1.22 bits per heavy atom. The van der Waals surface area contributed by atoms with Crippen LogP contribution in [0, 0.1) is 40.9 Å². The van der Waals surface area contributed by atoms with Crippen LogP contribution in [0.15, 0.2) is 11.6 Å². The zero-order chi connectivity index (χ0) is 16.5. The predicted molar refractivity (Wildman–Crippen MR) is 91.5 cm³/mol. The van der Waals surface area contributed by atoms with Crippen LogP contribution in [0.4, 0.5) is 0 Å². The van der Waals surface area contributed by atoms with E-state index >= 15 is 0 Å². The summed E-state index contributed by atoms with van der Waals surface area (Å²) >= 11 is 0. The highest BCUT2D eigenvalue weighted by Gasteiger charge is 2.60. The van der Waals surface area contributed by atoms with Crippen molar-refractivity contribution in [3.8, 4) is 12.3 Å². The molecule has 0 aliphatic heterocycles. The third kappa shape index (κ3) is 2.16. The lowest BCUT2D eigenvalue weighted by Crippen LogP contribution is -2.49. The molecule has 0 aromatic heterocycles. The van der Waals surface area contributed by atoms with Gasteiger partial charge in [0.25, 0.3) is 0 Å². The minimum atomic E-state index is -0.887. The molecule has 0 saturated heterocycles. The SMILES string of the molecule is C#C[C@@]1(O)C[C@@H]2[C@H]3CC=C4C[C@@H](O)CC[C@]4(C)[C@@H]3CC[C@@]2(C)C1. The second-order valence-corrected chi connectivity index (χ2v) is 9.41. The first kappa shape index (κ1) is 15.7. The fourth-order valence-corrected chi connectivity index (χ4v) is 6.87. The van der Waals surface area contributed by atoms with Crippen LogP contribution >= 0.6 is 0 Å².